The van der Waals surface area contributed by atoms with Crippen LogP contribution in [0.5, 0.6) is 0 Å². The van der Waals surface area contributed by atoms with Gasteiger partial charge in [0.15, 0.2) is 0 Å². The van der Waals surface area contributed by atoms with E-state index in [0.717, 1.165) is 0 Å². The second-order valence-electron chi connectivity index (χ2n) is 1.69. The highest BCUT2D eigenvalue weighted by molar-refractivity contribution is 4.67. The largest absolute Gasteiger partial charge is 0.396 e. The first-order chi connectivity index (χ1) is 3.72. The van der Waals surface area contributed by atoms with E-state index in [-0.39, 0.29) is 13.2 Å². The Morgan fingerprint density at radius 3 is 1.62 bits per heavy atom. The smallest absolute Gasteiger partial charge is 0.0613 e. The van der Waals surface area contributed by atoms with Crippen molar-refractivity contribution in [2.45, 2.75) is 6.10 Å². The molecule has 0 heterocycles. The Kier molecular flexibility index (Phi) is 3.77. The molecule has 1 atom stereocenters. The maximum absolute atomic E-state index is 8.58. The summed E-state index contributed by atoms with van der Waals surface area (Å²) in [5, 5.41) is 25.3. The molecule has 0 bridgehead atoms. The number of hydrogen-bond acceptors (Lipinski definition) is 3. The summed E-state index contributed by atoms with van der Waals surface area (Å²) >= 11 is 0. The fraction of sp³-hybridized carbons (Fsp3) is 0.800. The maximum atomic E-state index is 8.58. The Morgan fingerprint density at radius 2 is 1.62 bits per heavy atom. The zero-order chi connectivity index (χ0) is 6.57. The predicted molar refractivity (Wildman–Crippen MR) is 29.0 cm³/mol. The van der Waals surface area contributed by atoms with Crippen molar-refractivity contribution in [1.29, 1.82) is 0 Å². The van der Waals surface area contributed by atoms with Gasteiger partial charge >= 0.3 is 0 Å². The van der Waals surface area contributed by atoms with Crippen molar-refractivity contribution in [2.24, 2.45) is 5.92 Å². The van der Waals surface area contributed by atoms with Gasteiger partial charge in [0, 0.05) is 5.92 Å². The highest BCUT2D eigenvalue weighted by Gasteiger charge is 2.10. The molecule has 3 heteroatoms. The molecular formula is C5H11O3. The van der Waals surface area contributed by atoms with Gasteiger partial charge in [-0.1, -0.05) is 0 Å². The number of aliphatic hydroxyl groups excluding tert-OH is 3. The van der Waals surface area contributed by atoms with Crippen LogP contribution in [-0.2, 0) is 0 Å². The van der Waals surface area contributed by atoms with Crippen LogP contribution in [0.2, 0.25) is 0 Å². The highest BCUT2D eigenvalue weighted by Crippen LogP contribution is 1.98. The third kappa shape index (κ3) is 2.26. The van der Waals surface area contributed by atoms with E-state index in [0.29, 0.717) is 0 Å². The normalized spacial score (nSPS) is 14.6. The summed E-state index contributed by atoms with van der Waals surface area (Å²) in [5.74, 6) is -0.491. The summed E-state index contributed by atoms with van der Waals surface area (Å²) in [6, 6.07) is 0. The monoisotopic (exact) mass is 119 g/mol. The molecule has 3 N–H and O–H groups in total. The van der Waals surface area contributed by atoms with Gasteiger partial charge < -0.3 is 15.3 Å². The lowest BCUT2D eigenvalue weighted by Crippen LogP contribution is -2.24. The third-order valence-corrected chi connectivity index (χ3v) is 1.01. The van der Waals surface area contributed by atoms with Crippen LogP contribution >= 0.6 is 0 Å². The molecule has 0 aromatic carbocycles. The van der Waals surface area contributed by atoms with Crippen LogP contribution < -0.4 is 0 Å². The van der Waals surface area contributed by atoms with E-state index < -0.39 is 12.0 Å². The highest BCUT2D eigenvalue weighted by atomic mass is 16.3. The lowest BCUT2D eigenvalue weighted by Gasteiger charge is -2.12. The van der Waals surface area contributed by atoms with Crippen LogP contribution in [0.4, 0.5) is 0 Å². The Morgan fingerprint density at radius 1 is 1.25 bits per heavy atom. The molecule has 0 saturated carbocycles. The van der Waals surface area contributed by atoms with Crippen LogP contribution in [0.3, 0.4) is 0 Å². The second kappa shape index (κ2) is 3.83. The van der Waals surface area contributed by atoms with Crippen molar-refractivity contribution in [1.82, 2.24) is 0 Å². The molecule has 3 nitrogen and oxygen atoms in total. The molecule has 1 radical (unpaired) electrons. The molecule has 0 aromatic heterocycles. The zero-order valence-electron chi connectivity index (χ0n) is 4.62. The first-order valence-corrected chi connectivity index (χ1v) is 2.45. The fourth-order valence-electron chi connectivity index (χ4n) is 0.301. The van der Waals surface area contributed by atoms with E-state index in [1.54, 1.807) is 0 Å². The summed E-state index contributed by atoms with van der Waals surface area (Å²) in [6.45, 7) is 2.77. The van der Waals surface area contributed by atoms with E-state index in [1.165, 1.54) is 0 Å². The van der Waals surface area contributed by atoms with E-state index in [2.05, 4.69) is 6.92 Å². The quantitative estimate of drug-likeness (QED) is 0.436. The average molecular weight is 119 g/mol. The molecule has 0 amide bonds. The van der Waals surface area contributed by atoms with Crippen molar-refractivity contribution in [3.8, 4) is 0 Å². The fourth-order valence-corrected chi connectivity index (χ4v) is 0.301. The topological polar surface area (TPSA) is 60.7 Å². The minimum absolute atomic E-state index is 0.221. The lowest BCUT2D eigenvalue weighted by molar-refractivity contribution is 0.0570. The molecule has 0 aliphatic rings. The number of hydrogen-bond donors (Lipinski definition) is 3. The Balaban J connectivity index is 3.35. The van der Waals surface area contributed by atoms with Gasteiger partial charge in [0.25, 0.3) is 0 Å². The molecule has 8 heavy (non-hydrogen) atoms. The molecule has 0 spiro atoms. The van der Waals surface area contributed by atoms with Gasteiger partial charge in [-0.15, -0.1) is 0 Å². The summed E-state index contributed by atoms with van der Waals surface area (Å²) in [7, 11) is 0. The predicted octanol–water partition coefficient (Wildman–Crippen LogP) is -1.22. The number of aliphatic hydroxyl groups is 3. The van der Waals surface area contributed by atoms with Crippen LogP contribution in [-0.4, -0.2) is 34.6 Å². The maximum Gasteiger partial charge on any atom is 0.0613 e. The first kappa shape index (κ1) is 7.88. The summed E-state index contributed by atoms with van der Waals surface area (Å²) < 4.78 is 0. The second-order valence-corrected chi connectivity index (χ2v) is 1.69. The van der Waals surface area contributed by atoms with Crippen molar-refractivity contribution in [3.05, 3.63) is 6.92 Å². The van der Waals surface area contributed by atoms with Crippen LogP contribution in [0, 0.1) is 12.8 Å². The molecule has 0 fully saturated rings. The Labute approximate surface area is 48.6 Å². The van der Waals surface area contributed by atoms with Crippen molar-refractivity contribution >= 4 is 0 Å². The van der Waals surface area contributed by atoms with Crippen LogP contribution in [0.1, 0.15) is 0 Å². The van der Waals surface area contributed by atoms with Crippen molar-refractivity contribution in [3.63, 3.8) is 0 Å². The third-order valence-electron chi connectivity index (χ3n) is 1.01. The van der Waals surface area contributed by atoms with Gasteiger partial charge in [-0.05, 0) is 6.92 Å². The van der Waals surface area contributed by atoms with E-state index in [4.69, 9.17) is 15.3 Å². The molecule has 0 saturated heterocycles. The van der Waals surface area contributed by atoms with Gasteiger partial charge in [-0.25, -0.2) is 0 Å². The van der Waals surface area contributed by atoms with E-state index >= 15 is 0 Å². The van der Waals surface area contributed by atoms with Gasteiger partial charge in [-0.3, -0.25) is 0 Å². The number of rotatable bonds is 3. The molecule has 0 aliphatic heterocycles. The van der Waals surface area contributed by atoms with Crippen LogP contribution in [0.25, 0.3) is 0 Å². The molecule has 1 unspecified atom stereocenters. The lowest BCUT2D eigenvalue weighted by atomic mass is 10.1. The van der Waals surface area contributed by atoms with Gasteiger partial charge in [0.2, 0.25) is 0 Å². The van der Waals surface area contributed by atoms with Gasteiger partial charge in [0.05, 0.1) is 19.3 Å². The summed E-state index contributed by atoms with van der Waals surface area (Å²) in [4.78, 5) is 0. The minimum atomic E-state index is -0.870. The van der Waals surface area contributed by atoms with Gasteiger partial charge in [-0.2, -0.15) is 0 Å². The minimum Gasteiger partial charge on any atom is -0.396 e. The van der Waals surface area contributed by atoms with Crippen LogP contribution in [0.15, 0.2) is 0 Å². The molecular weight excluding hydrogens is 108 g/mol. The summed E-state index contributed by atoms with van der Waals surface area (Å²) in [5.41, 5.74) is 0. The van der Waals surface area contributed by atoms with Crippen molar-refractivity contribution in [2.75, 3.05) is 13.2 Å². The average Bonchev–Trinajstić information content (AvgIpc) is 1.69. The summed E-state index contributed by atoms with van der Waals surface area (Å²) in [6.07, 6.45) is -0.870. The van der Waals surface area contributed by atoms with Crippen molar-refractivity contribution < 1.29 is 15.3 Å². The van der Waals surface area contributed by atoms with E-state index in [1.807, 2.05) is 0 Å². The zero-order valence-corrected chi connectivity index (χ0v) is 4.62. The molecule has 49 valence electrons. The van der Waals surface area contributed by atoms with Gasteiger partial charge in [0.1, 0.15) is 0 Å². The SMILES string of the molecule is [CH2]C(O)C(CO)CO. The molecule has 0 aliphatic carbocycles. The Hall–Kier alpha value is -0.120. The molecule has 0 aromatic rings. The Bertz CT molecular complexity index is 49.6. The molecule has 0 rings (SSSR count). The standard InChI is InChI=1S/C5H11O3/c1-4(8)5(2-6)3-7/h4-8H,1-3H2. The van der Waals surface area contributed by atoms with E-state index in [9.17, 15) is 0 Å². The first-order valence-electron chi connectivity index (χ1n) is 2.45.